The summed E-state index contributed by atoms with van der Waals surface area (Å²) in [6, 6.07) is 28.7. The summed E-state index contributed by atoms with van der Waals surface area (Å²) in [5, 5.41) is 4.78. The van der Waals surface area contributed by atoms with Gasteiger partial charge in [0.05, 0.1) is 24.0 Å². The van der Waals surface area contributed by atoms with Crippen LogP contribution in [-0.2, 0) is 47.6 Å². The fourth-order valence-corrected chi connectivity index (χ4v) is 6.13. The van der Waals surface area contributed by atoms with Crippen molar-refractivity contribution in [3.8, 4) is 0 Å². The van der Waals surface area contributed by atoms with E-state index < -0.39 is 96.6 Å². The van der Waals surface area contributed by atoms with Gasteiger partial charge in [-0.2, -0.15) is 0 Å². The molecular formula is C54H66N2O14. The van der Waals surface area contributed by atoms with Crippen LogP contribution in [-0.4, -0.2) is 96.3 Å². The van der Waals surface area contributed by atoms with Gasteiger partial charge in [-0.3, -0.25) is 19.2 Å². The highest BCUT2D eigenvalue weighted by molar-refractivity contribution is 6.09. The van der Waals surface area contributed by atoms with E-state index in [2.05, 4.69) is 10.6 Å². The van der Waals surface area contributed by atoms with E-state index in [1.807, 2.05) is 12.1 Å². The molecule has 4 rings (SSSR count). The highest BCUT2D eigenvalue weighted by atomic mass is 16.6. The van der Waals surface area contributed by atoms with Crippen molar-refractivity contribution in [1.82, 2.24) is 10.6 Å². The summed E-state index contributed by atoms with van der Waals surface area (Å²) in [6.45, 7) is 19.2. The van der Waals surface area contributed by atoms with Gasteiger partial charge in [-0.1, -0.05) is 97.1 Å². The lowest BCUT2D eigenvalue weighted by Gasteiger charge is -2.25. The van der Waals surface area contributed by atoms with E-state index >= 15 is 0 Å². The van der Waals surface area contributed by atoms with Gasteiger partial charge in [0.25, 0.3) is 0 Å². The van der Waals surface area contributed by atoms with Crippen molar-refractivity contribution in [2.24, 2.45) is 0 Å². The fraction of sp³-hybridized carbons (Fsp3) is 0.407. The molecule has 0 spiro atoms. The molecule has 0 saturated heterocycles. The van der Waals surface area contributed by atoms with Gasteiger partial charge in [-0.25, -0.2) is 19.2 Å². The van der Waals surface area contributed by atoms with Gasteiger partial charge < -0.3 is 39.1 Å². The zero-order valence-electron chi connectivity index (χ0n) is 42.0. The lowest BCUT2D eigenvalue weighted by atomic mass is 9.96. The second-order valence-electron chi connectivity index (χ2n) is 18.7. The maximum atomic E-state index is 12.8. The van der Waals surface area contributed by atoms with Gasteiger partial charge in [0.15, 0.2) is 23.7 Å². The Labute approximate surface area is 410 Å². The number of carbonyl (C=O) groups excluding carboxylic acids is 8. The fourth-order valence-electron chi connectivity index (χ4n) is 6.13. The number of alkyl carbamates (subject to hydrolysis) is 2. The van der Waals surface area contributed by atoms with Gasteiger partial charge in [0, 0.05) is 22.3 Å². The molecule has 0 fully saturated rings. The van der Waals surface area contributed by atoms with Crippen LogP contribution in [0.3, 0.4) is 0 Å². The van der Waals surface area contributed by atoms with Crippen LogP contribution in [0.4, 0.5) is 9.59 Å². The summed E-state index contributed by atoms with van der Waals surface area (Å²) in [5.74, 6) is -4.52. The van der Waals surface area contributed by atoms with Crippen molar-refractivity contribution < 1.29 is 66.8 Å². The monoisotopic (exact) mass is 966 g/mol. The third-order valence-electron chi connectivity index (χ3n) is 9.51. The van der Waals surface area contributed by atoms with Crippen molar-refractivity contribution in [2.45, 2.75) is 130 Å². The van der Waals surface area contributed by atoms with Crippen LogP contribution in [0, 0.1) is 0 Å². The molecular weight excluding hydrogens is 901 g/mol. The molecule has 376 valence electrons. The molecule has 4 aromatic rings. The average Bonchev–Trinajstić information content (AvgIpc) is 3.29. The third kappa shape index (κ3) is 19.7. The zero-order chi connectivity index (χ0) is 52.3. The predicted molar refractivity (Wildman–Crippen MR) is 260 cm³/mol. The molecule has 0 unspecified atom stereocenters. The highest BCUT2D eigenvalue weighted by Crippen LogP contribution is 2.22. The van der Waals surface area contributed by atoms with E-state index in [4.69, 9.17) is 28.4 Å². The molecule has 16 nitrogen and oxygen atoms in total. The lowest BCUT2D eigenvalue weighted by molar-refractivity contribution is -0.162. The number of carbonyl (C=O) groups is 8. The van der Waals surface area contributed by atoms with Crippen LogP contribution >= 0.6 is 0 Å². The van der Waals surface area contributed by atoms with E-state index in [0.717, 1.165) is 0 Å². The Morgan fingerprint density at radius 2 is 0.743 bits per heavy atom. The van der Waals surface area contributed by atoms with E-state index in [1.165, 1.54) is 0 Å². The van der Waals surface area contributed by atoms with Crippen LogP contribution in [0.25, 0.3) is 0 Å². The van der Waals surface area contributed by atoms with Gasteiger partial charge in [0.2, 0.25) is 0 Å². The maximum Gasteiger partial charge on any atom is 0.408 e. The number of hydrogen-bond acceptors (Lipinski definition) is 14. The molecule has 0 bridgehead atoms. The van der Waals surface area contributed by atoms with E-state index in [9.17, 15) is 38.4 Å². The van der Waals surface area contributed by atoms with Gasteiger partial charge in [0.1, 0.15) is 24.4 Å². The quantitative estimate of drug-likeness (QED) is 0.0541. The molecule has 0 aromatic heterocycles. The minimum atomic E-state index is -1.25. The number of ketones is 2. The minimum absolute atomic E-state index is 0.161. The summed E-state index contributed by atoms with van der Waals surface area (Å²) >= 11 is 0. The van der Waals surface area contributed by atoms with Crippen LogP contribution in [0.5, 0.6) is 0 Å². The number of ether oxygens (including phenoxy) is 6. The van der Waals surface area contributed by atoms with E-state index in [1.54, 1.807) is 180 Å². The average molecular weight is 967 g/mol. The maximum absolute atomic E-state index is 12.8. The Morgan fingerprint density at radius 3 is 1.04 bits per heavy atom. The molecule has 16 heteroatoms. The normalized spacial score (nSPS) is 12.9. The third-order valence-corrected chi connectivity index (χ3v) is 9.51. The Hall–Kier alpha value is -7.36. The Morgan fingerprint density at radius 1 is 0.429 bits per heavy atom. The predicted octanol–water partition coefficient (Wildman–Crippen LogP) is 8.82. The van der Waals surface area contributed by atoms with E-state index in [0.29, 0.717) is 33.4 Å². The Bertz CT molecular complexity index is 2250. The molecule has 0 heterocycles. The van der Waals surface area contributed by atoms with Gasteiger partial charge in [-0.15, -0.1) is 0 Å². The second kappa shape index (κ2) is 26.4. The lowest BCUT2D eigenvalue weighted by Crippen LogP contribution is -2.48. The number of esters is 4. The number of amides is 2. The SMILES string of the molecule is CC(C)OC(=O)N[C@@H](COC(=O)[C@@H](C)c1cccc(C(=O)c2ccccc2)c1)C(=O)OC(C)(C)C.CC(C)OC(=O)N[C@@H](COC(=O)[C@H](C)c1cccc(C(=O)c2ccccc2)c1)C(=O)OC(C)(C)C. The molecule has 4 aromatic carbocycles. The van der Waals surface area contributed by atoms with Crippen LogP contribution < -0.4 is 10.6 Å². The summed E-state index contributed by atoms with van der Waals surface area (Å²) in [5.41, 5.74) is 1.52. The first-order valence-electron chi connectivity index (χ1n) is 22.9. The van der Waals surface area contributed by atoms with Crippen LogP contribution in [0.15, 0.2) is 109 Å². The summed E-state index contributed by atoms with van der Waals surface area (Å²) in [4.78, 5) is 100. The van der Waals surface area contributed by atoms with Crippen LogP contribution in [0.1, 0.15) is 138 Å². The summed E-state index contributed by atoms with van der Waals surface area (Å²) in [6.07, 6.45) is -2.45. The molecule has 2 N–H and O–H groups in total. The van der Waals surface area contributed by atoms with Crippen LogP contribution in [0.2, 0.25) is 0 Å². The smallest absolute Gasteiger partial charge is 0.408 e. The largest absolute Gasteiger partial charge is 0.462 e. The first kappa shape index (κ1) is 57.0. The molecule has 70 heavy (non-hydrogen) atoms. The number of hydrogen-bond donors (Lipinski definition) is 2. The summed E-state index contributed by atoms with van der Waals surface area (Å²) in [7, 11) is 0. The van der Waals surface area contributed by atoms with Crippen molar-refractivity contribution >= 4 is 47.6 Å². The molecule has 0 aliphatic carbocycles. The van der Waals surface area contributed by atoms with Crippen molar-refractivity contribution in [3.63, 3.8) is 0 Å². The number of rotatable bonds is 18. The van der Waals surface area contributed by atoms with Crippen molar-refractivity contribution in [3.05, 3.63) is 143 Å². The van der Waals surface area contributed by atoms with E-state index in [-0.39, 0.29) is 11.6 Å². The van der Waals surface area contributed by atoms with Crippen molar-refractivity contribution in [1.29, 1.82) is 0 Å². The number of nitrogens with one attached hydrogen (secondary N) is 2. The first-order chi connectivity index (χ1) is 32.7. The topological polar surface area (TPSA) is 216 Å². The zero-order valence-corrected chi connectivity index (χ0v) is 42.0. The first-order valence-corrected chi connectivity index (χ1v) is 22.9. The Balaban J connectivity index is 0.000000370. The molecule has 0 aliphatic rings. The molecule has 0 saturated carbocycles. The van der Waals surface area contributed by atoms with Gasteiger partial charge >= 0.3 is 36.1 Å². The molecule has 4 atom stereocenters. The highest BCUT2D eigenvalue weighted by Gasteiger charge is 2.32. The molecule has 2 amide bonds. The Kier molecular flexibility index (Phi) is 21.5. The van der Waals surface area contributed by atoms with Crippen molar-refractivity contribution in [2.75, 3.05) is 13.2 Å². The molecule has 0 radical (unpaired) electrons. The summed E-state index contributed by atoms with van der Waals surface area (Å²) < 4.78 is 31.4. The number of benzene rings is 4. The standard InChI is InChI=1S/2C27H33NO7/c2*1-17(2)34-26(32)28-22(25(31)35-27(4,5)6)16-33-24(30)18(3)20-13-10-14-21(15-20)23(29)19-11-8-7-9-12-19/h2*7-15,17-18,22H,16H2,1-6H3,(H,28,32)/t18-,22+;18-,22-/m10/s1. The second-order valence-corrected chi connectivity index (χ2v) is 18.7. The van der Waals surface area contributed by atoms with Gasteiger partial charge in [-0.05, 0) is 106 Å². The molecule has 0 aliphatic heterocycles. The minimum Gasteiger partial charge on any atom is -0.462 e.